The highest BCUT2D eigenvalue weighted by molar-refractivity contribution is 8.00. The Balaban J connectivity index is 1.73. The highest BCUT2D eigenvalue weighted by Gasteiger charge is 2.15. The summed E-state index contributed by atoms with van der Waals surface area (Å²) >= 11 is 1.29. The number of rotatable bonds is 6. The van der Waals surface area contributed by atoms with Gasteiger partial charge >= 0.3 is 0 Å². The van der Waals surface area contributed by atoms with Crippen molar-refractivity contribution in [3.63, 3.8) is 0 Å². The van der Waals surface area contributed by atoms with Crippen LogP contribution in [-0.2, 0) is 4.79 Å². The monoisotopic (exact) mass is 413 g/mol. The largest absolute Gasteiger partial charge is 0.369 e. The van der Waals surface area contributed by atoms with Crippen LogP contribution in [0, 0.1) is 0 Å². The summed E-state index contributed by atoms with van der Waals surface area (Å²) in [4.78, 5) is 29.9. The molecule has 0 aliphatic carbocycles. The first-order chi connectivity index (χ1) is 14.6. The fraction of sp³-hybridized carbons (Fsp3) is 0.0417. The average molecular weight is 414 g/mol. The van der Waals surface area contributed by atoms with Crippen LogP contribution < -0.4 is 11.1 Å². The Morgan fingerprint density at radius 2 is 1.60 bits per heavy atom. The number of benzene rings is 3. The number of primary amides is 1. The van der Waals surface area contributed by atoms with E-state index in [0.717, 1.165) is 27.1 Å². The molecule has 0 aliphatic rings. The number of amides is 2. The fourth-order valence-corrected chi connectivity index (χ4v) is 3.90. The maximum atomic E-state index is 13.3. The molecule has 5 nitrogen and oxygen atoms in total. The van der Waals surface area contributed by atoms with Crippen LogP contribution >= 0.6 is 11.8 Å². The van der Waals surface area contributed by atoms with Crippen LogP contribution in [0.25, 0.3) is 22.2 Å². The summed E-state index contributed by atoms with van der Waals surface area (Å²) in [5.41, 5.74) is 8.86. The van der Waals surface area contributed by atoms with Gasteiger partial charge in [-0.3, -0.25) is 9.59 Å². The first-order valence-electron chi connectivity index (χ1n) is 9.38. The van der Waals surface area contributed by atoms with Gasteiger partial charge in [0.1, 0.15) is 0 Å². The fourth-order valence-electron chi connectivity index (χ4n) is 3.15. The third kappa shape index (κ3) is 4.34. The number of carbonyl (C=O) groups is 2. The summed E-state index contributed by atoms with van der Waals surface area (Å²) in [6.07, 6.45) is 0. The molecule has 1 heterocycles. The minimum atomic E-state index is -0.409. The van der Waals surface area contributed by atoms with Crippen LogP contribution in [0.4, 0.5) is 5.69 Å². The lowest BCUT2D eigenvalue weighted by molar-refractivity contribution is -0.115. The van der Waals surface area contributed by atoms with E-state index < -0.39 is 5.91 Å². The Morgan fingerprint density at radius 3 is 2.40 bits per heavy atom. The second-order valence-electron chi connectivity index (χ2n) is 6.64. The minimum Gasteiger partial charge on any atom is -0.369 e. The predicted octanol–water partition coefficient (Wildman–Crippen LogP) is 4.73. The summed E-state index contributed by atoms with van der Waals surface area (Å²) in [6, 6.07) is 26.5. The lowest BCUT2D eigenvalue weighted by Gasteiger charge is -2.13. The zero-order chi connectivity index (χ0) is 20.9. The van der Waals surface area contributed by atoms with Gasteiger partial charge in [-0.05, 0) is 24.3 Å². The molecule has 0 radical (unpaired) electrons. The van der Waals surface area contributed by atoms with E-state index in [1.807, 2.05) is 84.9 Å². The van der Waals surface area contributed by atoms with Crippen molar-refractivity contribution in [2.24, 2.45) is 5.73 Å². The molecular formula is C24H19N3O2S. The predicted molar refractivity (Wildman–Crippen MR) is 121 cm³/mol. The molecule has 0 aliphatic heterocycles. The van der Waals surface area contributed by atoms with Crippen LogP contribution in [0.2, 0.25) is 0 Å². The van der Waals surface area contributed by atoms with E-state index in [-0.39, 0.29) is 11.7 Å². The Hall–Kier alpha value is -3.64. The minimum absolute atomic E-state index is 0.142. The van der Waals surface area contributed by atoms with Gasteiger partial charge in [0.2, 0.25) is 5.91 Å². The van der Waals surface area contributed by atoms with Crippen molar-refractivity contribution in [1.29, 1.82) is 0 Å². The number of hydrogen-bond acceptors (Lipinski definition) is 4. The average Bonchev–Trinajstić information content (AvgIpc) is 2.78. The second-order valence-corrected chi connectivity index (χ2v) is 7.66. The molecule has 4 rings (SSSR count). The third-order valence-corrected chi connectivity index (χ3v) is 5.63. The molecule has 3 aromatic carbocycles. The Kier molecular flexibility index (Phi) is 5.77. The lowest BCUT2D eigenvalue weighted by Crippen LogP contribution is -2.15. The van der Waals surface area contributed by atoms with Crippen molar-refractivity contribution < 1.29 is 9.59 Å². The van der Waals surface area contributed by atoms with Gasteiger partial charge < -0.3 is 11.1 Å². The van der Waals surface area contributed by atoms with Crippen molar-refractivity contribution in [2.75, 3.05) is 11.1 Å². The number of pyridine rings is 1. The summed E-state index contributed by atoms with van der Waals surface area (Å²) in [5.74, 6) is -0.505. The number of nitrogens with zero attached hydrogens (tertiary/aromatic N) is 1. The second kappa shape index (κ2) is 8.80. The van der Waals surface area contributed by atoms with Crippen LogP contribution in [-0.4, -0.2) is 22.6 Å². The van der Waals surface area contributed by atoms with E-state index in [1.165, 1.54) is 11.8 Å². The smallest absolute Gasteiger partial charge is 0.256 e. The molecule has 0 fully saturated rings. The van der Waals surface area contributed by atoms with E-state index in [9.17, 15) is 9.59 Å². The van der Waals surface area contributed by atoms with E-state index in [0.29, 0.717) is 11.3 Å². The molecule has 148 valence electrons. The molecule has 0 spiro atoms. The Morgan fingerprint density at radius 1 is 0.900 bits per heavy atom. The Bertz CT molecular complexity index is 1230. The number of nitrogens with one attached hydrogen (secondary N) is 1. The van der Waals surface area contributed by atoms with E-state index in [2.05, 4.69) is 5.32 Å². The highest BCUT2D eigenvalue weighted by atomic mass is 32.2. The van der Waals surface area contributed by atoms with Crippen molar-refractivity contribution in [3.8, 4) is 11.3 Å². The molecule has 4 aromatic rings. The SMILES string of the molecule is NC(=O)CSc1ccccc1NC(=O)c1cc(-c2ccccc2)nc2ccccc12. The maximum absolute atomic E-state index is 13.3. The normalized spacial score (nSPS) is 10.7. The quantitative estimate of drug-likeness (QED) is 0.448. The van der Waals surface area contributed by atoms with Crippen LogP contribution in [0.1, 0.15) is 10.4 Å². The first kappa shape index (κ1) is 19.7. The molecule has 0 bridgehead atoms. The van der Waals surface area contributed by atoms with Gasteiger partial charge in [-0.1, -0.05) is 60.7 Å². The summed E-state index contributed by atoms with van der Waals surface area (Å²) in [5, 5.41) is 3.76. The molecule has 2 amide bonds. The molecule has 6 heteroatoms. The van der Waals surface area contributed by atoms with Crippen molar-refractivity contribution in [2.45, 2.75) is 4.90 Å². The first-order valence-corrected chi connectivity index (χ1v) is 10.4. The van der Waals surface area contributed by atoms with E-state index in [4.69, 9.17) is 10.7 Å². The molecule has 0 saturated carbocycles. The number of carbonyl (C=O) groups excluding carboxylic acids is 2. The van der Waals surface area contributed by atoms with Crippen molar-refractivity contribution in [3.05, 3.63) is 90.5 Å². The number of fused-ring (bicyclic) bond motifs is 1. The van der Waals surface area contributed by atoms with Crippen LogP contribution in [0.3, 0.4) is 0 Å². The van der Waals surface area contributed by atoms with Crippen molar-refractivity contribution in [1.82, 2.24) is 4.98 Å². The number of nitrogens with two attached hydrogens (primary N) is 1. The molecule has 0 atom stereocenters. The topological polar surface area (TPSA) is 85.1 Å². The summed E-state index contributed by atoms with van der Waals surface area (Å²) in [6.45, 7) is 0. The van der Waals surface area contributed by atoms with Crippen molar-refractivity contribution >= 4 is 40.2 Å². The molecule has 3 N–H and O–H groups in total. The van der Waals surface area contributed by atoms with Gasteiger partial charge in [-0.2, -0.15) is 0 Å². The molecule has 30 heavy (non-hydrogen) atoms. The molecular weight excluding hydrogens is 394 g/mol. The van der Waals surface area contributed by atoms with Gasteiger partial charge in [-0.25, -0.2) is 4.98 Å². The lowest BCUT2D eigenvalue weighted by atomic mass is 10.0. The zero-order valence-corrected chi connectivity index (χ0v) is 16.9. The van der Waals surface area contributed by atoms with Crippen LogP contribution in [0.5, 0.6) is 0 Å². The van der Waals surface area contributed by atoms with Gasteiger partial charge in [0, 0.05) is 15.8 Å². The maximum Gasteiger partial charge on any atom is 0.256 e. The number of para-hydroxylation sites is 2. The number of anilines is 1. The molecule has 0 saturated heterocycles. The van der Waals surface area contributed by atoms with Gasteiger partial charge in [0.25, 0.3) is 5.91 Å². The van der Waals surface area contributed by atoms with Crippen LogP contribution in [0.15, 0.2) is 89.8 Å². The standard InChI is InChI=1S/C24H19N3O2S/c25-23(28)15-30-22-13-7-6-12-20(22)27-24(29)18-14-21(16-8-2-1-3-9-16)26-19-11-5-4-10-17(18)19/h1-14H,15H2,(H2,25,28)(H,27,29). The zero-order valence-electron chi connectivity index (χ0n) is 16.0. The van der Waals surface area contributed by atoms with Gasteiger partial charge in [-0.15, -0.1) is 11.8 Å². The highest BCUT2D eigenvalue weighted by Crippen LogP contribution is 2.29. The summed E-state index contributed by atoms with van der Waals surface area (Å²) < 4.78 is 0. The molecule has 0 unspecified atom stereocenters. The summed E-state index contributed by atoms with van der Waals surface area (Å²) in [7, 11) is 0. The van der Waals surface area contributed by atoms with Gasteiger partial charge in [0.15, 0.2) is 0 Å². The number of thioether (sulfide) groups is 1. The van der Waals surface area contributed by atoms with E-state index in [1.54, 1.807) is 0 Å². The number of aromatic nitrogens is 1. The Labute approximate surface area is 178 Å². The number of hydrogen-bond donors (Lipinski definition) is 2. The molecule has 1 aromatic heterocycles. The van der Waals surface area contributed by atoms with E-state index >= 15 is 0 Å². The van der Waals surface area contributed by atoms with Gasteiger partial charge in [0.05, 0.1) is 28.2 Å². The third-order valence-electron chi connectivity index (χ3n) is 4.54.